The first kappa shape index (κ1) is 21.4. The fourth-order valence-corrected chi connectivity index (χ4v) is 5.80. The van der Waals surface area contributed by atoms with Gasteiger partial charge in [-0.2, -0.15) is 0 Å². The number of rotatable bonds is 5. The molecule has 2 aromatic carbocycles. The summed E-state index contributed by atoms with van der Waals surface area (Å²) >= 11 is 1.63. The molecule has 0 saturated carbocycles. The molecule has 33 heavy (non-hydrogen) atoms. The maximum Gasteiger partial charge on any atom is 0.263 e. The standard InChI is InChI=1S/C26H26N4O2S/c1-16-8-13-21-22(14-16)33-25-24(21)26(32)30(17(2)27-25)15-23(31)29-20-11-9-19(10-12-20)28-18-6-4-3-5-7-18/h3-7,9-12,16,28H,8,13-15H2,1-2H3,(H,29,31). The minimum absolute atomic E-state index is 0.0569. The average molecular weight is 459 g/mol. The first-order valence-corrected chi connectivity index (χ1v) is 12.0. The third-order valence-electron chi connectivity index (χ3n) is 6.14. The van der Waals surface area contributed by atoms with Crippen molar-refractivity contribution < 1.29 is 4.79 Å². The van der Waals surface area contributed by atoms with E-state index in [4.69, 9.17) is 0 Å². The molecular formula is C26H26N4O2S. The number of amides is 1. The molecular weight excluding hydrogens is 432 g/mol. The van der Waals surface area contributed by atoms with Gasteiger partial charge in [-0.1, -0.05) is 25.1 Å². The van der Waals surface area contributed by atoms with Gasteiger partial charge in [0.2, 0.25) is 5.91 Å². The van der Waals surface area contributed by atoms with Crippen LogP contribution in [0.15, 0.2) is 59.4 Å². The molecule has 6 nitrogen and oxygen atoms in total. The Hall–Kier alpha value is -3.45. The molecule has 0 radical (unpaired) electrons. The van der Waals surface area contributed by atoms with Gasteiger partial charge in [0.1, 0.15) is 17.2 Å². The first-order valence-electron chi connectivity index (χ1n) is 11.2. The second-order valence-electron chi connectivity index (χ2n) is 8.70. The van der Waals surface area contributed by atoms with Crippen molar-refractivity contribution in [2.75, 3.05) is 10.6 Å². The highest BCUT2D eigenvalue weighted by Gasteiger charge is 2.24. The number of nitrogens with one attached hydrogen (secondary N) is 2. The van der Waals surface area contributed by atoms with Gasteiger partial charge in [0, 0.05) is 21.9 Å². The molecule has 0 aliphatic heterocycles. The summed E-state index contributed by atoms with van der Waals surface area (Å²) in [6.07, 6.45) is 3.00. The number of benzene rings is 2. The molecule has 1 aliphatic carbocycles. The van der Waals surface area contributed by atoms with Crippen LogP contribution in [0.1, 0.15) is 29.6 Å². The van der Waals surface area contributed by atoms with Crippen LogP contribution in [0.25, 0.3) is 10.2 Å². The third-order valence-corrected chi connectivity index (χ3v) is 7.29. The van der Waals surface area contributed by atoms with Crippen LogP contribution in [0.5, 0.6) is 0 Å². The summed E-state index contributed by atoms with van der Waals surface area (Å²) in [5.41, 5.74) is 3.64. The lowest BCUT2D eigenvalue weighted by molar-refractivity contribution is -0.116. The number of para-hydroxylation sites is 1. The average Bonchev–Trinajstić information content (AvgIpc) is 3.15. The van der Waals surface area contributed by atoms with Crippen molar-refractivity contribution in [2.24, 2.45) is 5.92 Å². The molecule has 168 valence electrons. The van der Waals surface area contributed by atoms with Crippen molar-refractivity contribution in [3.8, 4) is 0 Å². The highest BCUT2D eigenvalue weighted by atomic mass is 32.1. The van der Waals surface area contributed by atoms with E-state index in [1.807, 2.05) is 54.6 Å². The lowest BCUT2D eigenvalue weighted by Crippen LogP contribution is -2.30. The van der Waals surface area contributed by atoms with Gasteiger partial charge in [-0.3, -0.25) is 14.2 Å². The van der Waals surface area contributed by atoms with E-state index in [2.05, 4.69) is 22.5 Å². The van der Waals surface area contributed by atoms with E-state index in [9.17, 15) is 9.59 Å². The Morgan fingerprint density at radius 1 is 1.09 bits per heavy atom. The van der Waals surface area contributed by atoms with E-state index in [1.165, 1.54) is 9.44 Å². The summed E-state index contributed by atoms with van der Waals surface area (Å²) in [5, 5.41) is 6.92. The Bertz CT molecular complexity index is 1370. The quantitative estimate of drug-likeness (QED) is 0.427. The van der Waals surface area contributed by atoms with Crippen LogP contribution in [0.2, 0.25) is 0 Å². The summed E-state index contributed by atoms with van der Waals surface area (Å²) < 4.78 is 1.49. The highest BCUT2D eigenvalue weighted by Crippen LogP contribution is 2.35. The molecule has 0 spiro atoms. The number of hydrogen-bond donors (Lipinski definition) is 2. The molecule has 5 rings (SSSR count). The lowest BCUT2D eigenvalue weighted by Gasteiger charge is -2.17. The van der Waals surface area contributed by atoms with E-state index in [0.29, 0.717) is 22.8 Å². The number of aromatic nitrogens is 2. The van der Waals surface area contributed by atoms with Crippen LogP contribution in [-0.2, 0) is 24.2 Å². The van der Waals surface area contributed by atoms with E-state index in [1.54, 1.807) is 18.3 Å². The van der Waals surface area contributed by atoms with Gasteiger partial charge in [-0.15, -0.1) is 11.3 Å². The minimum Gasteiger partial charge on any atom is -0.356 e. The largest absolute Gasteiger partial charge is 0.356 e. The number of carbonyl (C=O) groups is 1. The highest BCUT2D eigenvalue weighted by molar-refractivity contribution is 7.18. The maximum absolute atomic E-state index is 13.3. The second-order valence-corrected chi connectivity index (χ2v) is 9.78. The van der Waals surface area contributed by atoms with Gasteiger partial charge in [-0.25, -0.2) is 4.98 Å². The predicted molar refractivity (Wildman–Crippen MR) is 135 cm³/mol. The van der Waals surface area contributed by atoms with Crippen molar-refractivity contribution >= 4 is 44.5 Å². The number of anilines is 3. The van der Waals surface area contributed by atoms with Crippen LogP contribution in [0.3, 0.4) is 0 Å². The molecule has 0 bridgehead atoms. The summed E-state index contributed by atoms with van der Waals surface area (Å²) in [6.45, 7) is 3.98. The summed E-state index contributed by atoms with van der Waals surface area (Å²) in [7, 11) is 0. The molecule has 0 fully saturated rings. The zero-order valence-electron chi connectivity index (χ0n) is 18.7. The minimum atomic E-state index is -0.247. The van der Waals surface area contributed by atoms with E-state index >= 15 is 0 Å². The van der Waals surface area contributed by atoms with Gasteiger partial charge in [0.15, 0.2) is 0 Å². The molecule has 0 saturated heterocycles. The topological polar surface area (TPSA) is 76.0 Å². The fourth-order valence-electron chi connectivity index (χ4n) is 4.38. The number of aryl methyl sites for hydroxylation is 2. The SMILES string of the molecule is Cc1nc2sc3c(c2c(=O)n1CC(=O)Nc1ccc(Nc2ccccc2)cc1)CCC(C)C3. The van der Waals surface area contributed by atoms with Gasteiger partial charge < -0.3 is 10.6 Å². The molecule has 2 aromatic heterocycles. The second kappa shape index (κ2) is 8.83. The van der Waals surface area contributed by atoms with Crippen molar-refractivity contribution in [1.29, 1.82) is 0 Å². The number of nitrogens with zero attached hydrogens (tertiary/aromatic N) is 2. The van der Waals surface area contributed by atoms with Gasteiger partial charge in [0.25, 0.3) is 5.56 Å². The van der Waals surface area contributed by atoms with Gasteiger partial charge in [0.05, 0.1) is 5.39 Å². The Balaban J connectivity index is 1.32. The fraction of sp³-hybridized carbons (Fsp3) is 0.269. The molecule has 4 aromatic rings. The normalized spacial score (nSPS) is 15.3. The molecule has 2 N–H and O–H groups in total. The van der Waals surface area contributed by atoms with Crippen LogP contribution < -0.4 is 16.2 Å². The lowest BCUT2D eigenvalue weighted by atomic mass is 9.89. The van der Waals surface area contributed by atoms with Crippen LogP contribution in [-0.4, -0.2) is 15.5 Å². The Morgan fingerprint density at radius 2 is 1.79 bits per heavy atom. The van der Waals surface area contributed by atoms with Crippen molar-refractivity contribution in [3.05, 3.63) is 81.2 Å². The molecule has 1 unspecified atom stereocenters. The Kier molecular flexibility index (Phi) is 5.72. The van der Waals surface area contributed by atoms with E-state index < -0.39 is 0 Å². The summed E-state index contributed by atoms with van der Waals surface area (Å²) in [4.78, 5) is 32.8. The Morgan fingerprint density at radius 3 is 2.55 bits per heavy atom. The van der Waals surface area contributed by atoms with Crippen LogP contribution in [0.4, 0.5) is 17.1 Å². The van der Waals surface area contributed by atoms with Gasteiger partial charge in [-0.05, 0) is 74.1 Å². The first-order chi connectivity index (χ1) is 16.0. The molecule has 2 heterocycles. The van der Waals surface area contributed by atoms with E-state index in [-0.39, 0.29) is 18.0 Å². The van der Waals surface area contributed by atoms with E-state index in [0.717, 1.165) is 41.0 Å². The monoisotopic (exact) mass is 458 g/mol. The number of carbonyl (C=O) groups excluding carboxylic acids is 1. The number of thiophene rings is 1. The number of hydrogen-bond acceptors (Lipinski definition) is 5. The van der Waals surface area contributed by atoms with Gasteiger partial charge >= 0.3 is 0 Å². The van der Waals surface area contributed by atoms with Crippen molar-refractivity contribution in [1.82, 2.24) is 9.55 Å². The summed E-state index contributed by atoms with van der Waals surface area (Å²) in [6, 6.07) is 17.4. The van der Waals surface area contributed by atoms with Crippen molar-refractivity contribution in [3.63, 3.8) is 0 Å². The smallest absolute Gasteiger partial charge is 0.263 e. The molecule has 1 aliphatic rings. The molecule has 1 amide bonds. The Labute approximate surface area is 196 Å². The van der Waals surface area contributed by atoms with Crippen molar-refractivity contribution in [2.45, 2.75) is 39.7 Å². The van der Waals surface area contributed by atoms with Crippen LogP contribution >= 0.6 is 11.3 Å². The zero-order valence-corrected chi connectivity index (χ0v) is 19.5. The zero-order chi connectivity index (χ0) is 22.9. The summed E-state index contributed by atoms with van der Waals surface area (Å²) in [5.74, 6) is 0.952. The predicted octanol–water partition coefficient (Wildman–Crippen LogP) is 5.27. The molecule has 1 atom stereocenters. The molecule has 7 heteroatoms. The maximum atomic E-state index is 13.3. The third kappa shape index (κ3) is 4.41. The van der Waals surface area contributed by atoms with Crippen LogP contribution in [0, 0.1) is 12.8 Å². The number of fused-ring (bicyclic) bond motifs is 3.